The predicted octanol–water partition coefficient (Wildman–Crippen LogP) is 3.07. The number of amides is 1. The number of nitrogens with zero attached hydrogens (tertiary/aromatic N) is 1. The van der Waals surface area contributed by atoms with Gasteiger partial charge in [-0.05, 0) is 12.1 Å². The number of carbonyl (C=O) groups is 1. The Bertz CT molecular complexity index is 628. The van der Waals surface area contributed by atoms with Crippen LogP contribution in [0.1, 0.15) is 0 Å². The first kappa shape index (κ1) is 16.1. The summed E-state index contributed by atoms with van der Waals surface area (Å²) < 4.78 is 42.9. The SMILES string of the molecule is O=C(Nc1ccc([N+](=O)[O-])cc1)C1=C(C(F)(F)F)OCCS1. The number of anilines is 1. The van der Waals surface area contributed by atoms with Crippen LogP contribution in [0.25, 0.3) is 0 Å². The standard InChI is InChI=1S/C12H9F3N2O4S/c13-12(14,15)10-9(22-6-5-21-10)11(18)16-7-1-3-8(4-2-7)17(19)20/h1-4H,5-6H2,(H,16,18). The van der Waals surface area contributed by atoms with Crippen LogP contribution in [-0.2, 0) is 9.53 Å². The van der Waals surface area contributed by atoms with Crippen molar-refractivity contribution in [3.8, 4) is 0 Å². The fourth-order valence-electron chi connectivity index (χ4n) is 1.65. The van der Waals surface area contributed by atoms with E-state index in [4.69, 9.17) is 0 Å². The maximum absolute atomic E-state index is 12.8. The molecule has 0 bridgehead atoms. The van der Waals surface area contributed by atoms with E-state index in [1.165, 1.54) is 12.1 Å². The maximum atomic E-state index is 12.8. The van der Waals surface area contributed by atoms with Gasteiger partial charge in [-0.1, -0.05) is 0 Å². The second-order valence-electron chi connectivity index (χ2n) is 4.11. The number of thioether (sulfide) groups is 1. The van der Waals surface area contributed by atoms with E-state index in [-0.39, 0.29) is 23.7 Å². The van der Waals surface area contributed by atoms with Crippen LogP contribution in [0.2, 0.25) is 0 Å². The van der Waals surface area contributed by atoms with Crippen molar-refractivity contribution >= 4 is 29.0 Å². The molecule has 1 aliphatic heterocycles. The van der Waals surface area contributed by atoms with E-state index in [9.17, 15) is 28.1 Å². The Balaban J connectivity index is 2.20. The molecule has 1 aromatic carbocycles. The van der Waals surface area contributed by atoms with Gasteiger partial charge in [0.05, 0.1) is 11.5 Å². The number of alkyl halides is 3. The molecule has 0 spiro atoms. The number of nitro groups is 1. The molecule has 0 saturated heterocycles. The highest BCUT2D eigenvalue weighted by Crippen LogP contribution is 2.37. The molecule has 1 N–H and O–H groups in total. The van der Waals surface area contributed by atoms with Crippen molar-refractivity contribution in [2.75, 3.05) is 17.7 Å². The second-order valence-corrected chi connectivity index (χ2v) is 5.22. The van der Waals surface area contributed by atoms with Gasteiger partial charge in [0.2, 0.25) is 5.76 Å². The third kappa shape index (κ3) is 3.70. The van der Waals surface area contributed by atoms with Crippen molar-refractivity contribution in [1.82, 2.24) is 0 Å². The normalized spacial score (nSPS) is 15.2. The van der Waals surface area contributed by atoms with Gasteiger partial charge in [-0.2, -0.15) is 13.2 Å². The van der Waals surface area contributed by atoms with Crippen LogP contribution in [0.4, 0.5) is 24.5 Å². The van der Waals surface area contributed by atoms with E-state index in [0.29, 0.717) is 0 Å². The Hall–Kier alpha value is -2.23. The molecule has 0 aromatic heterocycles. The summed E-state index contributed by atoms with van der Waals surface area (Å²) in [7, 11) is 0. The zero-order valence-electron chi connectivity index (χ0n) is 10.8. The Morgan fingerprint density at radius 1 is 1.32 bits per heavy atom. The highest BCUT2D eigenvalue weighted by atomic mass is 32.2. The maximum Gasteiger partial charge on any atom is 0.450 e. The Kier molecular flexibility index (Phi) is 4.59. The molecule has 1 aromatic rings. The van der Waals surface area contributed by atoms with Gasteiger partial charge in [-0.25, -0.2) is 0 Å². The molecule has 1 heterocycles. The van der Waals surface area contributed by atoms with E-state index in [2.05, 4.69) is 10.1 Å². The number of rotatable bonds is 3. The highest BCUT2D eigenvalue weighted by molar-refractivity contribution is 8.04. The minimum Gasteiger partial charge on any atom is -0.487 e. The zero-order chi connectivity index (χ0) is 16.3. The quantitative estimate of drug-likeness (QED) is 0.679. The lowest BCUT2D eigenvalue weighted by molar-refractivity contribution is -0.384. The van der Waals surface area contributed by atoms with E-state index >= 15 is 0 Å². The first-order chi connectivity index (χ1) is 10.3. The molecule has 1 amide bonds. The molecule has 118 valence electrons. The molecule has 0 unspecified atom stereocenters. The fraction of sp³-hybridized carbons (Fsp3) is 0.250. The number of hydrogen-bond donors (Lipinski definition) is 1. The number of ether oxygens (including phenoxy) is 1. The van der Waals surface area contributed by atoms with Gasteiger partial charge in [0.25, 0.3) is 11.6 Å². The van der Waals surface area contributed by atoms with Crippen LogP contribution in [0.3, 0.4) is 0 Å². The molecular formula is C12H9F3N2O4S. The van der Waals surface area contributed by atoms with E-state index in [0.717, 1.165) is 23.9 Å². The molecule has 0 radical (unpaired) electrons. The van der Waals surface area contributed by atoms with Crippen LogP contribution in [0, 0.1) is 10.1 Å². The number of allylic oxidation sites excluding steroid dienone is 1. The van der Waals surface area contributed by atoms with Gasteiger partial charge < -0.3 is 10.1 Å². The average Bonchev–Trinajstić information content (AvgIpc) is 2.47. The molecule has 0 saturated carbocycles. The van der Waals surface area contributed by atoms with E-state index < -0.39 is 27.7 Å². The molecule has 2 rings (SSSR count). The number of non-ortho nitro benzene ring substituents is 1. The van der Waals surface area contributed by atoms with E-state index in [1.807, 2.05) is 0 Å². The number of benzene rings is 1. The summed E-state index contributed by atoms with van der Waals surface area (Å²) in [6, 6.07) is 4.74. The predicted molar refractivity (Wildman–Crippen MR) is 73.2 cm³/mol. The van der Waals surface area contributed by atoms with Crippen molar-refractivity contribution in [3.05, 3.63) is 45.0 Å². The Morgan fingerprint density at radius 3 is 2.50 bits per heavy atom. The lowest BCUT2D eigenvalue weighted by Gasteiger charge is -2.21. The fourth-order valence-corrected chi connectivity index (χ4v) is 2.51. The van der Waals surface area contributed by atoms with Crippen LogP contribution >= 0.6 is 11.8 Å². The molecule has 0 aliphatic carbocycles. The molecular weight excluding hydrogens is 325 g/mol. The highest BCUT2D eigenvalue weighted by Gasteiger charge is 2.42. The number of carbonyl (C=O) groups excluding carboxylic acids is 1. The molecule has 0 fully saturated rings. The summed E-state index contributed by atoms with van der Waals surface area (Å²) >= 11 is 0.748. The van der Waals surface area contributed by atoms with Gasteiger partial charge in [0, 0.05) is 23.6 Å². The van der Waals surface area contributed by atoms with Gasteiger partial charge in [-0.15, -0.1) is 11.8 Å². The van der Waals surface area contributed by atoms with Crippen LogP contribution < -0.4 is 5.32 Å². The van der Waals surface area contributed by atoms with Crippen molar-refractivity contribution in [2.24, 2.45) is 0 Å². The smallest absolute Gasteiger partial charge is 0.450 e. The largest absolute Gasteiger partial charge is 0.487 e. The van der Waals surface area contributed by atoms with E-state index in [1.54, 1.807) is 0 Å². The average molecular weight is 334 g/mol. The number of nitrogens with one attached hydrogen (secondary N) is 1. The minimum atomic E-state index is -4.75. The number of hydrogen-bond acceptors (Lipinski definition) is 5. The van der Waals surface area contributed by atoms with Gasteiger partial charge in [0.15, 0.2) is 0 Å². The number of nitro benzene ring substituents is 1. The van der Waals surface area contributed by atoms with Crippen LogP contribution in [0.15, 0.2) is 34.9 Å². The summed E-state index contributed by atoms with van der Waals surface area (Å²) in [6.07, 6.45) is -4.75. The number of halogens is 3. The molecule has 1 aliphatic rings. The van der Waals surface area contributed by atoms with Gasteiger partial charge in [-0.3, -0.25) is 14.9 Å². The van der Waals surface area contributed by atoms with Gasteiger partial charge in [0.1, 0.15) is 4.91 Å². The third-order valence-corrected chi connectivity index (χ3v) is 3.61. The van der Waals surface area contributed by atoms with Gasteiger partial charge >= 0.3 is 6.18 Å². The van der Waals surface area contributed by atoms with Crippen molar-refractivity contribution in [2.45, 2.75) is 6.18 Å². The Morgan fingerprint density at radius 2 is 1.95 bits per heavy atom. The van der Waals surface area contributed by atoms with Crippen molar-refractivity contribution in [1.29, 1.82) is 0 Å². The van der Waals surface area contributed by atoms with Crippen molar-refractivity contribution in [3.63, 3.8) is 0 Å². The monoisotopic (exact) mass is 334 g/mol. The van der Waals surface area contributed by atoms with Crippen LogP contribution in [0.5, 0.6) is 0 Å². The minimum absolute atomic E-state index is 0.131. The molecule has 6 nitrogen and oxygen atoms in total. The zero-order valence-corrected chi connectivity index (χ0v) is 11.7. The molecule has 22 heavy (non-hydrogen) atoms. The second kappa shape index (κ2) is 6.26. The first-order valence-corrected chi connectivity index (χ1v) is 6.90. The molecule has 0 atom stereocenters. The summed E-state index contributed by atoms with van der Waals surface area (Å²) in [5.74, 6) is -2.06. The lowest BCUT2D eigenvalue weighted by Crippen LogP contribution is -2.26. The topological polar surface area (TPSA) is 81.5 Å². The summed E-state index contributed by atoms with van der Waals surface area (Å²) in [6.45, 7) is -0.131. The summed E-state index contributed by atoms with van der Waals surface area (Å²) in [5.41, 5.74) is -0.0423. The Labute approximate surface area is 126 Å². The third-order valence-electron chi connectivity index (χ3n) is 2.58. The van der Waals surface area contributed by atoms with Crippen molar-refractivity contribution < 1.29 is 27.6 Å². The molecule has 10 heteroatoms. The lowest BCUT2D eigenvalue weighted by atomic mass is 10.3. The summed E-state index contributed by atoms with van der Waals surface area (Å²) in [4.78, 5) is 21.3. The van der Waals surface area contributed by atoms with Crippen LogP contribution in [-0.4, -0.2) is 29.4 Å². The summed E-state index contributed by atoms with van der Waals surface area (Å²) in [5, 5.41) is 12.8. The first-order valence-electron chi connectivity index (χ1n) is 5.92.